The second-order valence-electron chi connectivity index (χ2n) is 1.59. The predicted octanol–water partition coefficient (Wildman–Crippen LogP) is 2.38. The van der Waals surface area contributed by atoms with Crippen molar-refractivity contribution >= 4 is 33.6 Å². The first-order valence-electron chi connectivity index (χ1n) is 2.46. The first-order valence-corrected chi connectivity index (χ1v) is 4.32. The van der Waals surface area contributed by atoms with E-state index in [-0.39, 0.29) is 4.83 Å². The molecule has 0 amide bonds. The van der Waals surface area contributed by atoms with Gasteiger partial charge in [-0.1, -0.05) is 15.9 Å². The van der Waals surface area contributed by atoms with E-state index in [0.717, 1.165) is 11.8 Å². The van der Waals surface area contributed by atoms with Gasteiger partial charge in [0.25, 0.3) is 0 Å². The summed E-state index contributed by atoms with van der Waals surface area (Å²) >= 11 is 4.80. The van der Waals surface area contributed by atoms with Crippen molar-refractivity contribution in [2.75, 3.05) is 0 Å². The van der Waals surface area contributed by atoms with Crippen molar-refractivity contribution in [1.29, 1.82) is 0 Å². The summed E-state index contributed by atoms with van der Waals surface area (Å²) in [6.45, 7) is 0. The van der Waals surface area contributed by atoms with Crippen LogP contribution in [0.3, 0.4) is 0 Å². The third-order valence-corrected chi connectivity index (χ3v) is 2.43. The first kappa shape index (κ1) is 6.96. The number of aldehydes is 1. The molecule has 0 N–H and O–H groups in total. The number of thiophene rings is 1. The third-order valence-electron chi connectivity index (χ3n) is 0.981. The zero-order valence-corrected chi connectivity index (χ0v) is 6.98. The number of hydrogen-bond acceptors (Lipinski definition) is 2. The molecule has 1 aromatic rings. The first-order chi connectivity index (χ1) is 4.34. The van der Waals surface area contributed by atoms with E-state index < -0.39 is 0 Å². The van der Waals surface area contributed by atoms with Gasteiger partial charge in [-0.3, -0.25) is 0 Å². The zero-order valence-electron chi connectivity index (χ0n) is 4.58. The van der Waals surface area contributed by atoms with Crippen molar-refractivity contribution in [3.05, 3.63) is 22.4 Å². The average Bonchev–Trinajstić information content (AvgIpc) is 2.37. The van der Waals surface area contributed by atoms with Crippen LogP contribution in [0.4, 0.5) is 0 Å². The Morgan fingerprint density at radius 2 is 2.56 bits per heavy atom. The Hall–Kier alpha value is -0.150. The van der Waals surface area contributed by atoms with Crippen LogP contribution in [0.25, 0.3) is 0 Å². The van der Waals surface area contributed by atoms with Gasteiger partial charge < -0.3 is 4.79 Å². The molecule has 1 nitrogen and oxygen atoms in total. The number of halogens is 1. The van der Waals surface area contributed by atoms with Crippen molar-refractivity contribution < 1.29 is 4.79 Å². The van der Waals surface area contributed by atoms with Gasteiger partial charge in [-0.15, -0.1) is 0 Å². The molecule has 9 heavy (non-hydrogen) atoms. The van der Waals surface area contributed by atoms with Gasteiger partial charge in [0.15, 0.2) is 0 Å². The molecular weight excluding hydrogens is 200 g/mol. The van der Waals surface area contributed by atoms with E-state index in [1.807, 2.05) is 16.8 Å². The van der Waals surface area contributed by atoms with Crippen LogP contribution in [-0.4, -0.2) is 6.29 Å². The van der Waals surface area contributed by atoms with Gasteiger partial charge in [-0.25, -0.2) is 0 Å². The van der Waals surface area contributed by atoms with Gasteiger partial charge in [0.05, 0.1) is 4.83 Å². The summed E-state index contributed by atoms with van der Waals surface area (Å²) in [6.07, 6.45) is 0.877. The molecule has 1 rings (SSSR count). The smallest absolute Gasteiger partial charge is 0.138 e. The van der Waals surface area contributed by atoms with Crippen molar-refractivity contribution in [1.82, 2.24) is 0 Å². The van der Waals surface area contributed by atoms with Crippen molar-refractivity contribution in [3.63, 3.8) is 0 Å². The molecule has 0 aliphatic heterocycles. The third kappa shape index (κ3) is 1.63. The van der Waals surface area contributed by atoms with Crippen LogP contribution in [0.5, 0.6) is 0 Å². The quantitative estimate of drug-likeness (QED) is 0.535. The summed E-state index contributed by atoms with van der Waals surface area (Å²) in [6, 6.07) is 1.93. The highest BCUT2D eigenvalue weighted by Gasteiger charge is 2.03. The average molecular weight is 205 g/mol. The van der Waals surface area contributed by atoms with Crippen molar-refractivity contribution in [2.24, 2.45) is 0 Å². The van der Waals surface area contributed by atoms with Crippen LogP contribution in [-0.2, 0) is 4.79 Å². The molecule has 0 radical (unpaired) electrons. The Morgan fingerprint density at radius 3 is 3.00 bits per heavy atom. The molecular formula is C6H5BrOS. The summed E-state index contributed by atoms with van der Waals surface area (Å²) in [7, 11) is 0. The zero-order chi connectivity index (χ0) is 6.69. The lowest BCUT2D eigenvalue weighted by Gasteiger charge is -1.92. The summed E-state index contributed by atoms with van der Waals surface area (Å²) in [4.78, 5) is 10.0. The van der Waals surface area contributed by atoms with E-state index in [1.54, 1.807) is 11.3 Å². The van der Waals surface area contributed by atoms with E-state index in [2.05, 4.69) is 15.9 Å². The SMILES string of the molecule is O=CC(Br)c1ccsc1. The molecule has 0 spiro atoms. The lowest BCUT2D eigenvalue weighted by Crippen LogP contribution is -1.85. The van der Waals surface area contributed by atoms with Crippen molar-refractivity contribution in [3.8, 4) is 0 Å². The lowest BCUT2D eigenvalue weighted by molar-refractivity contribution is -0.107. The Bertz CT molecular complexity index is 183. The highest BCUT2D eigenvalue weighted by molar-refractivity contribution is 9.09. The summed E-state index contributed by atoms with van der Waals surface area (Å²) < 4.78 is 0. The Kier molecular flexibility index (Phi) is 2.42. The van der Waals surface area contributed by atoms with Crippen LogP contribution >= 0.6 is 27.3 Å². The molecule has 0 aliphatic rings. The molecule has 1 aromatic heterocycles. The van der Waals surface area contributed by atoms with Gasteiger partial charge in [0, 0.05) is 0 Å². The molecule has 1 atom stereocenters. The second kappa shape index (κ2) is 3.13. The minimum atomic E-state index is -0.122. The second-order valence-corrected chi connectivity index (χ2v) is 3.36. The number of alkyl halides is 1. The molecule has 1 unspecified atom stereocenters. The van der Waals surface area contributed by atoms with Gasteiger partial charge in [-0.05, 0) is 22.4 Å². The Morgan fingerprint density at radius 1 is 1.78 bits per heavy atom. The standard InChI is InChI=1S/C6H5BrOS/c7-6(3-8)5-1-2-9-4-5/h1-4,6H. The fourth-order valence-corrected chi connectivity index (χ4v) is 1.67. The lowest BCUT2D eigenvalue weighted by atomic mass is 10.3. The van der Waals surface area contributed by atoms with Crippen LogP contribution in [0.15, 0.2) is 16.8 Å². The fraction of sp³-hybridized carbons (Fsp3) is 0.167. The molecule has 48 valence electrons. The largest absolute Gasteiger partial charge is 0.302 e. The topological polar surface area (TPSA) is 17.1 Å². The van der Waals surface area contributed by atoms with Gasteiger partial charge in [-0.2, -0.15) is 11.3 Å². The van der Waals surface area contributed by atoms with Gasteiger partial charge in [0.2, 0.25) is 0 Å². The Labute approximate surface area is 65.8 Å². The highest BCUT2D eigenvalue weighted by atomic mass is 79.9. The van der Waals surface area contributed by atoms with E-state index in [0.29, 0.717) is 0 Å². The summed E-state index contributed by atoms with van der Waals surface area (Å²) in [5.74, 6) is 0. The fourth-order valence-electron chi connectivity index (χ4n) is 0.510. The minimum absolute atomic E-state index is 0.122. The van der Waals surface area contributed by atoms with E-state index >= 15 is 0 Å². The molecule has 0 bridgehead atoms. The maximum absolute atomic E-state index is 10.2. The molecule has 3 heteroatoms. The van der Waals surface area contributed by atoms with E-state index in [9.17, 15) is 4.79 Å². The molecule has 0 saturated heterocycles. The normalized spacial score (nSPS) is 13.0. The number of carbonyl (C=O) groups is 1. The Balaban J connectivity index is 2.76. The van der Waals surface area contributed by atoms with Gasteiger partial charge in [0.1, 0.15) is 6.29 Å². The highest BCUT2D eigenvalue weighted by Crippen LogP contribution is 2.21. The monoisotopic (exact) mass is 204 g/mol. The summed E-state index contributed by atoms with van der Waals surface area (Å²) in [5.41, 5.74) is 1.04. The number of rotatable bonds is 2. The molecule has 1 heterocycles. The van der Waals surface area contributed by atoms with Crippen LogP contribution in [0.2, 0.25) is 0 Å². The minimum Gasteiger partial charge on any atom is -0.302 e. The van der Waals surface area contributed by atoms with E-state index in [4.69, 9.17) is 0 Å². The predicted molar refractivity (Wildman–Crippen MR) is 42.1 cm³/mol. The van der Waals surface area contributed by atoms with Crippen LogP contribution in [0, 0.1) is 0 Å². The van der Waals surface area contributed by atoms with Crippen LogP contribution < -0.4 is 0 Å². The maximum Gasteiger partial charge on any atom is 0.138 e. The molecule has 0 saturated carbocycles. The molecule has 0 aromatic carbocycles. The summed E-state index contributed by atoms with van der Waals surface area (Å²) in [5, 5.41) is 3.90. The number of hydrogen-bond donors (Lipinski definition) is 0. The van der Waals surface area contributed by atoms with Crippen LogP contribution in [0.1, 0.15) is 10.4 Å². The van der Waals surface area contributed by atoms with E-state index in [1.165, 1.54) is 0 Å². The van der Waals surface area contributed by atoms with Gasteiger partial charge >= 0.3 is 0 Å². The van der Waals surface area contributed by atoms with Crippen molar-refractivity contribution in [2.45, 2.75) is 4.83 Å². The number of carbonyl (C=O) groups excluding carboxylic acids is 1. The molecule has 0 fully saturated rings. The molecule has 0 aliphatic carbocycles. The maximum atomic E-state index is 10.2.